The number of benzene rings is 1. The lowest BCUT2D eigenvalue weighted by Crippen LogP contribution is -2.43. The molecule has 1 aromatic carbocycles. The van der Waals surface area contributed by atoms with Crippen molar-refractivity contribution in [2.75, 3.05) is 19.8 Å². The molecule has 1 aliphatic rings. The fraction of sp³-hybridized carbons (Fsp3) is 0.333. The van der Waals surface area contributed by atoms with Gasteiger partial charge in [0, 0.05) is 31.2 Å². The van der Waals surface area contributed by atoms with E-state index in [0.29, 0.717) is 18.6 Å². The number of para-hydroxylation sites is 1. The normalized spacial score (nSPS) is 22.1. The van der Waals surface area contributed by atoms with Crippen LogP contribution < -0.4 is 5.32 Å². The van der Waals surface area contributed by atoms with Gasteiger partial charge in [-0.1, -0.05) is 18.2 Å². The Morgan fingerprint density at radius 1 is 1.40 bits per heavy atom. The molecule has 104 valence electrons. The first kappa shape index (κ1) is 13.0. The number of ether oxygens (including phenoxy) is 1. The Morgan fingerprint density at radius 3 is 3.05 bits per heavy atom. The van der Waals surface area contributed by atoms with E-state index in [9.17, 15) is 9.90 Å². The smallest absolute Gasteiger partial charge is 0.252 e. The molecule has 5 heteroatoms. The number of hydrogen-bond donors (Lipinski definition) is 2. The summed E-state index contributed by atoms with van der Waals surface area (Å²) in [6, 6.07) is 9.18. The third-order valence-electron chi connectivity index (χ3n) is 3.55. The van der Waals surface area contributed by atoms with Gasteiger partial charge in [0.15, 0.2) is 0 Å². The summed E-state index contributed by atoms with van der Waals surface area (Å²) in [5, 5.41) is 13.7. The lowest BCUT2D eigenvalue weighted by atomic mass is 10.0. The predicted molar refractivity (Wildman–Crippen MR) is 74.5 cm³/mol. The molecule has 0 radical (unpaired) electrons. The Balaban J connectivity index is 1.79. The van der Waals surface area contributed by atoms with E-state index >= 15 is 0 Å². The first-order valence-corrected chi connectivity index (χ1v) is 6.60. The lowest BCUT2D eigenvalue weighted by Gasteiger charge is -2.20. The number of pyridine rings is 1. The second-order valence-corrected chi connectivity index (χ2v) is 5.09. The Hall–Kier alpha value is -1.98. The molecule has 1 amide bonds. The minimum Gasteiger partial charge on any atom is -0.386 e. The second-order valence-electron chi connectivity index (χ2n) is 5.09. The van der Waals surface area contributed by atoms with Crippen LogP contribution in [0, 0.1) is 0 Å². The van der Waals surface area contributed by atoms with Crippen molar-refractivity contribution in [3.8, 4) is 0 Å². The van der Waals surface area contributed by atoms with Gasteiger partial charge in [-0.3, -0.25) is 9.78 Å². The summed E-state index contributed by atoms with van der Waals surface area (Å²) in [5.74, 6) is -0.205. The maximum atomic E-state index is 12.3. The highest BCUT2D eigenvalue weighted by molar-refractivity contribution is 6.05. The number of aromatic nitrogens is 1. The zero-order valence-corrected chi connectivity index (χ0v) is 11.0. The summed E-state index contributed by atoms with van der Waals surface area (Å²) in [6.07, 6.45) is 2.16. The Bertz CT molecular complexity index is 631. The molecule has 2 N–H and O–H groups in total. The highest BCUT2D eigenvalue weighted by Crippen LogP contribution is 2.19. The molecule has 1 aliphatic heterocycles. The molecular weight excluding hydrogens is 256 g/mol. The molecule has 20 heavy (non-hydrogen) atoms. The average Bonchev–Trinajstić information content (AvgIpc) is 2.91. The van der Waals surface area contributed by atoms with Gasteiger partial charge in [-0.2, -0.15) is 0 Å². The number of amides is 1. The first-order chi connectivity index (χ1) is 9.68. The molecule has 0 bridgehead atoms. The summed E-state index contributed by atoms with van der Waals surface area (Å²) in [5.41, 5.74) is 0.402. The lowest BCUT2D eigenvalue weighted by molar-refractivity contribution is 0.0265. The van der Waals surface area contributed by atoms with E-state index in [0.717, 1.165) is 10.9 Å². The van der Waals surface area contributed by atoms with Crippen molar-refractivity contribution < 1.29 is 14.6 Å². The van der Waals surface area contributed by atoms with Crippen molar-refractivity contribution in [3.05, 3.63) is 42.1 Å². The van der Waals surface area contributed by atoms with Crippen molar-refractivity contribution in [2.24, 2.45) is 0 Å². The van der Waals surface area contributed by atoms with Gasteiger partial charge in [0.25, 0.3) is 5.91 Å². The van der Waals surface area contributed by atoms with Gasteiger partial charge in [-0.25, -0.2) is 0 Å². The summed E-state index contributed by atoms with van der Waals surface area (Å²) in [4.78, 5) is 16.5. The van der Waals surface area contributed by atoms with Gasteiger partial charge in [0.05, 0.1) is 17.7 Å². The van der Waals surface area contributed by atoms with E-state index in [-0.39, 0.29) is 19.1 Å². The third kappa shape index (κ3) is 2.50. The number of carbonyl (C=O) groups excluding carboxylic acids is 1. The van der Waals surface area contributed by atoms with Crippen LogP contribution >= 0.6 is 0 Å². The van der Waals surface area contributed by atoms with E-state index < -0.39 is 5.60 Å². The maximum absolute atomic E-state index is 12.3. The van der Waals surface area contributed by atoms with E-state index in [1.807, 2.05) is 24.3 Å². The largest absolute Gasteiger partial charge is 0.386 e. The molecule has 0 saturated carbocycles. The molecular formula is C15H16N2O3. The summed E-state index contributed by atoms with van der Waals surface area (Å²) >= 11 is 0. The molecule has 5 nitrogen and oxygen atoms in total. The minimum absolute atomic E-state index is 0.197. The van der Waals surface area contributed by atoms with Crippen molar-refractivity contribution in [1.82, 2.24) is 10.3 Å². The summed E-state index contributed by atoms with van der Waals surface area (Å²) < 4.78 is 5.16. The molecule has 1 saturated heterocycles. The SMILES string of the molecule is O=C(NCC1(O)CCOC1)c1ccnc2ccccc12. The van der Waals surface area contributed by atoms with Gasteiger partial charge in [-0.05, 0) is 12.1 Å². The van der Waals surface area contributed by atoms with Gasteiger partial charge in [0.2, 0.25) is 0 Å². The monoisotopic (exact) mass is 272 g/mol. The highest BCUT2D eigenvalue weighted by Gasteiger charge is 2.32. The van der Waals surface area contributed by atoms with Crippen LogP contribution in [-0.4, -0.2) is 41.4 Å². The topological polar surface area (TPSA) is 71.5 Å². The fourth-order valence-corrected chi connectivity index (χ4v) is 2.37. The molecule has 1 unspecified atom stereocenters. The van der Waals surface area contributed by atoms with Crippen LogP contribution in [0.15, 0.2) is 36.5 Å². The van der Waals surface area contributed by atoms with E-state index in [2.05, 4.69) is 10.3 Å². The van der Waals surface area contributed by atoms with Crippen molar-refractivity contribution in [2.45, 2.75) is 12.0 Å². The predicted octanol–water partition coefficient (Wildman–Crippen LogP) is 1.12. The van der Waals surface area contributed by atoms with E-state index in [4.69, 9.17) is 4.74 Å². The molecule has 1 fully saturated rings. The maximum Gasteiger partial charge on any atom is 0.252 e. The van der Waals surface area contributed by atoms with Crippen molar-refractivity contribution in [3.63, 3.8) is 0 Å². The third-order valence-corrected chi connectivity index (χ3v) is 3.55. The standard InChI is InChI=1S/C15H16N2O3/c18-14(17-9-15(19)6-8-20-10-15)12-5-7-16-13-4-2-1-3-11(12)13/h1-5,7,19H,6,8-10H2,(H,17,18). The van der Waals surface area contributed by atoms with Crippen LogP contribution in [0.5, 0.6) is 0 Å². The number of nitrogens with one attached hydrogen (secondary N) is 1. The van der Waals surface area contributed by atoms with Crippen LogP contribution in [0.25, 0.3) is 10.9 Å². The average molecular weight is 272 g/mol. The molecule has 2 aromatic rings. The second kappa shape index (κ2) is 5.19. The number of carbonyl (C=O) groups is 1. The zero-order chi connectivity index (χ0) is 14.0. The molecule has 1 atom stereocenters. The fourth-order valence-electron chi connectivity index (χ4n) is 2.37. The van der Waals surface area contributed by atoms with Gasteiger partial charge >= 0.3 is 0 Å². The van der Waals surface area contributed by atoms with Crippen LogP contribution in [0.2, 0.25) is 0 Å². The minimum atomic E-state index is -0.946. The molecule has 2 heterocycles. The van der Waals surface area contributed by atoms with Gasteiger partial charge in [0.1, 0.15) is 5.60 Å². The Morgan fingerprint density at radius 2 is 2.25 bits per heavy atom. The van der Waals surface area contributed by atoms with Crippen molar-refractivity contribution >= 4 is 16.8 Å². The molecule has 1 aromatic heterocycles. The van der Waals surface area contributed by atoms with Crippen LogP contribution in [-0.2, 0) is 4.74 Å². The number of fused-ring (bicyclic) bond motifs is 1. The van der Waals surface area contributed by atoms with Gasteiger partial charge in [-0.15, -0.1) is 0 Å². The molecule has 3 rings (SSSR count). The number of rotatable bonds is 3. The number of aliphatic hydroxyl groups is 1. The van der Waals surface area contributed by atoms with Crippen LogP contribution in [0.4, 0.5) is 0 Å². The van der Waals surface area contributed by atoms with Crippen LogP contribution in [0.3, 0.4) is 0 Å². The summed E-state index contributed by atoms with van der Waals surface area (Å²) in [7, 11) is 0. The molecule has 0 aliphatic carbocycles. The zero-order valence-electron chi connectivity index (χ0n) is 11.0. The quantitative estimate of drug-likeness (QED) is 0.878. The molecule has 0 spiro atoms. The van der Waals surface area contributed by atoms with Crippen molar-refractivity contribution in [1.29, 1.82) is 0 Å². The van der Waals surface area contributed by atoms with Gasteiger partial charge < -0.3 is 15.2 Å². The number of hydrogen-bond acceptors (Lipinski definition) is 4. The summed E-state index contributed by atoms with van der Waals surface area (Å²) in [6.45, 7) is 0.997. The Kier molecular flexibility index (Phi) is 3.38. The van der Waals surface area contributed by atoms with E-state index in [1.165, 1.54) is 0 Å². The van der Waals surface area contributed by atoms with E-state index in [1.54, 1.807) is 12.3 Å². The Labute approximate surface area is 116 Å². The number of nitrogens with zero attached hydrogens (tertiary/aromatic N) is 1. The highest BCUT2D eigenvalue weighted by atomic mass is 16.5. The van der Waals surface area contributed by atoms with Crippen LogP contribution in [0.1, 0.15) is 16.8 Å². The first-order valence-electron chi connectivity index (χ1n) is 6.60.